The maximum Gasteiger partial charge on any atom is 0.169 e. The van der Waals surface area contributed by atoms with E-state index in [1.165, 1.54) is 25.7 Å². The molecule has 1 aromatic carbocycles. The fraction of sp³-hybridized carbons (Fsp3) is 0.500. The molecule has 0 bridgehead atoms. The second-order valence-electron chi connectivity index (χ2n) is 4.67. The van der Waals surface area contributed by atoms with Crippen molar-refractivity contribution in [3.8, 4) is 5.75 Å². The number of carbonyl (C=O) groups excluding carboxylic acids is 1. The van der Waals surface area contributed by atoms with Crippen LogP contribution in [0.2, 0.25) is 0 Å². The van der Waals surface area contributed by atoms with Crippen molar-refractivity contribution >= 4 is 21.7 Å². The van der Waals surface area contributed by atoms with E-state index in [4.69, 9.17) is 4.74 Å². The van der Waals surface area contributed by atoms with Crippen molar-refractivity contribution in [2.45, 2.75) is 32.1 Å². The molecule has 0 heterocycles. The monoisotopic (exact) mass is 314 g/mol. The van der Waals surface area contributed by atoms with E-state index in [0.717, 1.165) is 25.7 Å². The van der Waals surface area contributed by atoms with Crippen LogP contribution in [0, 0.1) is 11.7 Å². The maximum absolute atomic E-state index is 13.4. The van der Waals surface area contributed by atoms with E-state index in [2.05, 4.69) is 15.9 Å². The number of ketones is 1. The molecule has 0 aliphatic heterocycles. The Morgan fingerprint density at radius 1 is 1.33 bits per heavy atom. The van der Waals surface area contributed by atoms with Gasteiger partial charge < -0.3 is 4.74 Å². The highest BCUT2D eigenvalue weighted by atomic mass is 79.9. The van der Waals surface area contributed by atoms with Gasteiger partial charge in [0.1, 0.15) is 11.6 Å². The Kier molecular flexibility index (Phi) is 4.38. The summed E-state index contributed by atoms with van der Waals surface area (Å²) < 4.78 is 18.8. The van der Waals surface area contributed by atoms with Crippen LogP contribution in [0.25, 0.3) is 0 Å². The summed E-state index contributed by atoms with van der Waals surface area (Å²) in [6, 6.07) is 2.80. The van der Waals surface area contributed by atoms with Gasteiger partial charge in [0.15, 0.2) is 5.78 Å². The molecule has 0 spiro atoms. The molecule has 0 unspecified atom stereocenters. The van der Waals surface area contributed by atoms with Crippen LogP contribution in [0.1, 0.15) is 42.5 Å². The highest BCUT2D eigenvalue weighted by Gasteiger charge is 2.25. The van der Waals surface area contributed by atoms with Gasteiger partial charge in [0.2, 0.25) is 0 Å². The van der Waals surface area contributed by atoms with Gasteiger partial charge in [0, 0.05) is 12.0 Å². The Morgan fingerprint density at radius 2 is 2.00 bits per heavy atom. The molecule has 1 aromatic rings. The Labute approximate surface area is 115 Å². The van der Waals surface area contributed by atoms with Gasteiger partial charge in [-0.05, 0) is 34.8 Å². The lowest BCUT2D eigenvalue weighted by Crippen LogP contribution is -2.18. The smallest absolute Gasteiger partial charge is 0.169 e. The van der Waals surface area contributed by atoms with Gasteiger partial charge in [-0.1, -0.05) is 19.3 Å². The Balaban J connectivity index is 2.31. The van der Waals surface area contributed by atoms with Gasteiger partial charge in [-0.15, -0.1) is 0 Å². The van der Waals surface area contributed by atoms with Crippen molar-refractivity contribution in [2.75, 3.05) is 7.11 Å². The van der Waals surface area contributed by atoms with Crippen LogP contribution in [0.4, 0.5) is 4.39 Å². The molecule has 0 radical (unpaired) electrons. The lowest BCUT2D eigenvalue weighted by atomic mass is 9.83. The van der Waals surface area contributed by atoms with Crippen molar-refractivity contribution in [2.24, 2.45) is 5.92 Å². The lowest BCUT2D eigenvalue weighted by Gasteiger charge is -2.21. The minimum atomic E-state index is -0.410. The number of rotatable bonds is 3. The zero-order valence-corrected chi connectivity index (χ0v) is 11.9. The van der Waals surface area contributed by atoms with Gasteiger partial charge >= 0.3 is 0 Å². The van der Waals surface area contributed by atoms with E-state index in [1.807, 2.05) is 0 Å². The van der Waals surface area contributed by atoms with Crippen LogP contribution in [0.3, 0.4) is 0 Å². The minimum Gasteiger partial charge on any atom is -0.496 e. The standard InChI is InChI=1S/C14H16BrFO2/c1-18-13-8-12(16)11(15)7-10(13)14(17)9-5-3-2-4-6-9/h7-9H,2-6H2,1H3. The van der Waals surface area contributed by atoms with Gasteiger partial charge in [-0.25, -0.2) is 4.39 Å². The summed E-state index contributed by atoms with van der Waals surface area (Å²) in [6.07, 6.45) is 5.25. The second-order valence-corrected chi connectivity index (χ2v) is 5.52. The van der Waals surface area contributed by atoms with E-state index < -0.39 is 5.82 Å². The van der Waals surface area contributed by atoms with E-state index in [9.17, 15) is 9.18 Å². The summed E-state index contributed by atoms with van der Waals surface area (Å²) in [5, 5.41) is 0. The Bertz CT molecular complexity index is 453. The molecule has 1 saturated carbocycles. The molecule has 1 aliphatic rings. The van der Waals surface area contributed by atoms with Crippen LogP contribution < -0.4 is 4.74 Å². The van der Waals surface area contributed by atoms with Crippen molar-refractivity contribution < 1.29 is 13.9 Å². The Morgan fingerprint density at radius 3 is 2.61 bits per heavy atom. The van der Waals surface area contributed by atoms with Crippen LogP contribution in [0.5, 0.6) is 5.75 Å². The molecule has 1 fully saturated rings. The highest BCUT2D eigenvalue weighted by Crippen LogP contribution is 2.32. The van der Waals surface area contributed by atoms with Crippen LogP contribution in [-0.4, -0.2) is 12.9 Å². The van der Waals surface area contributed by atoms with Crippen LogP contribution >= 0.6 is 15.9 Å². The van der Waals surface area contributed by atoms with E-state index in [1.54, 1.807) is 0 Å². The van der Waals surface area contributed by atoms with Crippen molar-refractivity contribution in [3.05, 3.63) is 28.0 Å². The first-order valence-electron chi connectivity index (χ1n) is 6.20. The molecular weight excluding hydrogens is 299 g/mol. The molecule has 2 nitrogen and oxygen atoms in total. The van der Waals surface area contributed by atoms with Gasteiger partial charge in [-0.3, -0.25) is 4.79 Å². The predicted octanol–water partition coefficient (Wildman–Crippen LogP) is 4.36. The number of hydrogen-bond donors (Lipinski definition) is 0. The van der Waals surface area contributed by atoms with E-state index in [-0.39, 0.29) is 11.7 Å². The molecule has 98 valence electrons. The molecule has 0 amide bonds. The number of hydrogen-bond acceptors (Lipinski definition) is 2. The zero-order valence-electron chi connectivity index (χ0n) is 10.3. The number of Topliss-reactive ketones (excluding diaryl/α,β-unsaturated/α-hetero) is 1. The molecule has 0 N–H and O–H groups in total. The molecule has 4 heteroatoms. The molecule has 0 saturated heterocycles. The predicted molar refractivity (Wildman–Crippen MR) is 71.6 cm³/mol. The third-order valence-corrected chi connectivity index (χ3v) is 4.09. The van der Waals surface area contributed by atoms with Crippen LogP contribution in [0.15, 0.2) is 16.6 Å². The summed E-state index contributed by atoms with van der Waals surface area (Å²) in [5.41, 5.74) is 0.484. The number of methoxy groups -OCH3 is 1. The van der Waals surface area contributed by atoms with Gasteiger partial charge in [0.25, 0.3) is 0 Å². The van der Waals surface area contributed by atoms with Crippen molar-refractivity contribution in [1.29, 1.82) is 0 Å². The fourth-order valence-corrected chi connectivity index (χ4v) is 2.82. The number of benzene rings is 1. The normalized spacial score (nSPS) is 16.6. The minimum absolute atomic E-state index is 0.0602. The summed E-state index contributed by atoms with van der Waals surface area (Å²) in [7, 11) is 1.46. The average molecular weight is 315 g/mol. The SMILES string of the molecule is COc1cc(F)c(Br)cc1C(=O)C1CCCCC1. The second kappa shape index (κ2) is 5.83. The van der Waals surface area contributed by atoms with Crippen molar-refractivity contribution in [3.63, 3.8) is 0 Å². The summed E-state index contributed by atoms with van der Waals surface area (Å²) in [5.74, 6) is 0.0515. The fourth-order valence-electron chi connectivity index (χ4n) is 2.47. The molecule has 2 rings (SSSR count). The third-order valence-electron chi connectivity index (χ3n) is 3.48. The van der Waals surface area contributed by atoms with Crippen LogP contribution in [-0.2, 0) is 0 Å². The largest absolute Gasteiger partial charge is 0.496 e. The summed E-state index contributed by atoms with van der Waals surface area (Å²) in [6.45, 7) is 0. The summed E-state index contributed by atoms with van der Waals surface area (Å²) >= 11 is 3.12. The number of carbonyl (C=O) groups is 1. The zero-order chi connectivity index (χ0) is 13.1. The molecular formula is C14H16BrFO2. The highest BCUT2D eigenvalue weighted by molar-refractivity contribution is 9.10. The van der Waals surface area contributed by atoms with E-state index >= 15 is 0 Å². The molecule has 18 heavy (non-hydrogen) atoms. The van der Waals surface area contributed by atoms with E-state index in [0.29, 0.717) is 15.8 Å². The quantitative estimate of drug-likeness (QED) is 0.775. The number of ether oxygens (including phenoxy) is 1. The molecule has 1 aliphatic carbocycles. The third kappa shape index (κ3) is 2.74. The van der Waals surface area contributed by atoms with Gasteiger partial charge in [-0.2, -0.15) is 0 Å². The Hall–Kier alpha value is -0.900. The topological polar surface area (TPSA) is 26.3 Å². The average Bonchev–Trinajstić information content (AvgIpc) is 2.41. The molecule has 0 aromatic heterocycles. The first-order valence-corrected chi connectivity index (χ1v) is 7.00. The van der Waals surface area contributed by atoms with Gasteiger partial charge in [0.05, 0.1) is 17.1 Å². The molecule has 0 atom stereocenters. The lowest BCUT2D eigenvalue weighted by molar-refractivity contribution is 0.0886. The summed E-state index contributed by atoms with van der Waals surface area (Å²) in [4.78, 5) is 12.4. The number of halogens is 2. The maximum atomic E-state index is 13.4. The van der Waals surface area contributed by atoms with Crippen molar-refractivity contribution in [1.82, 2.24) is 0 Å². The first-order chi connectivity index (χ1) is 8.63. The first kappa shape index (κ1) is 13.5.